The summed E-state index contributed by atoms with van der Waals surface area (Å²) in [5.74, 6) is -4.96. The van der Waals surface area contributed by atoms with Crippen LogP contribution < -0.4 is 0 Å². The molecule has 0 N–H and O–H groups in total. The Balaban J connectivity index is 3.15. The number of pyridine rings is 1. The van der Waals surface area contributed by atoms with Gasteiger partial charge in [-0.3, -0.25) is 4.79 Å². The number of ketones is 1. The number of carbonyl (C=O) groups is 1. The van der Waals surface area contributed by atoms with E-state index in [1.165, 1.54) is 0 Å². The summed E-state index contributed by atoms with van der Waals surface area (Å²) in [6, 6.07) is 0.701. The van der Waals surface area contributed by atoms with E-state index in [9.17, 15) is 22.4 Å². The van der Waals surface area contributed by atoms with Crippen LogP contribution in [0.25, 0.3) is 0 Å². The second-order valence-electron chi connectivity index (χ2n) is 2.13. The van der Waals surface area contributed by atoms with Crippen LogP contribution in [0.5, 0.6) is 0 Å². The van der Waals surface area contributed by atoms with Crippen LogP contribution in [0, 0.1) is 11.8 Å². The highest BCUT2D eigenvalue weighted by Crippen LogP contribution is 2.13. The lowest BCUT2D eigenvalue weighted by Gasteiger charge is -2.00. The normalized spacial score (nSPS) is 10.5. The van der Waals surface area contributed by atoms with Crippen molar-refractivity contribution < 1.29 is 22.4 Å². The third-order valence-corrected chi connectivity index (χ3v) is 1.31. The van der Waals surface area contributed by atoms with Crippen LogP contribution in [-0.2, 0) is 0 Å². The minimum Gasteiger partial charge on any atom is -0.288 e. The minimum absolute atomic E-state index is 0.701. The standard InChI is InChI=1S/C7H3F4NO/c8-4-3(5(13)6(9)10)1-2-12-7(4)11/h1-2,6H. The highest BCUT2D eigenvalue weighted by atomic mass is 19.3. The molecule has 0 fully saturated rings. The van der Waals surface area contributed by atoms with Gasteiger partial charge in [0.25, 0.3) is 0 Å². The zero-order valence-electron chi connectivity index (χ0n) is 6.10. The summed E-state index contributed by atoms with van der Waals surface area (Å²) in [5.41, 5.74) is -0.984. The molecule has 0 spiro atoms. The Kier molecular flexibility index (Phi) is 2.60. The zero-order valence-corrected chi connectivity index (χ0v) is 6.10. The molecule has 0 aromatic carbocycles. The Labute approximate surface area is 70.2 Å². The maximum atomic E-state index is 12.6. The van der Waals surface area contributed by atoms with E-state index in [2.05, 4.69) is 4.98 Å². The summed E-state index contributed by atoms with van der Waals surface area (Å²) in [6.07, 6.45) is -2.61. The van der Waals surface area contributed by atoms with Crippen molar-refractivity contribution in [2.24, 2.45) is 0 Å². The van der Waals surface area contributed by atoms with Crippen LogP contribution in [0.2, 0.25) is 0 Å². The van der Waals surface area contributed by atoms with E-state index in [0.29, 0.717) is 6.07 Å². The van der Waals surface area contributed by atoms with Gasteiger partial charge in [0.05, 0.1) is 5.56 Å². The second-order valence-corrected chi connectivity index (χ2v) is 2.13. The van der Waals surface area contributed by atoms with Gasteiger partial charge in [-0.2, -0.15) is 4.39 Å². The third kappa shape index (κ3) is 1.82. The van der Waals surface area contributed by atoms with Crippen molar-refractivity contribution in [2.45, 2.75) is 6.43 Å². The first-order valence-electron chi connectivity index (χ1n) is 3.16. The molecule has 0 saturated heterocycles. The van der Waals surface area contributed by atoms with E-state index < -0.39 is 29.5 Å². The molecule has 1 aromatic heterocycles. The molecule has 1 aromatic rings. The lowest BCUT2D eigenvalue weighted by molar-refractivity contribution is 0.0672. The average molecular weight is 193 g/mol. The Morgan fingerprint density at radius 3 is 2.54 bits per heavy atom. The maximum Gasteiger partial charge on any atom is 0.300 e. The molecule has 0 bridgehead atoms. The fraction of sp³-hybridized carbons (Fsp3) is 0.143. The van der Waals surface area contributed by atoms with Crippen LogP contribution in [0.4, 0.5) is 17.6 Å². The molecule has 0 radical (unpaired) electrons. The van der Waals surface area contributed by atoms with E-state index in [-0.39, 0.29) is 0 Å². The molecule has 13 heavy (non-hydrogen) atoms. The van der Waals surface area contributed by atoms with E-state index in [1.807, 2.05) is 0 Å². The molecule has 0 amide bonds. The highest BCUT2D eigenvalue weighted by molar-refractivity contribution is 5.98. The number of aromatic nitrogens is 1. The Morgan fingerprint density at radius 2 is 2.00 bits per heavy atom. The van der Waals surface area contributed by atoms with Gasteiger partial charge in [-0.05, 0) is 6.07 Å². The predicted octanol–water partition coefficient (Wildman–Crippen LogP) is 1.81. The van der Waals surface area contributed by atoms with Gasteiger partial charge < -0.3 is 0 Å². The molecule has 2 nitrogen and oxygen atoms in total. The van der Waals surface area contributed by atoms with Gasteiger partial charge in [-0.25, -0.2) is 18.2 Å². The Morgan fingerprint density at radius 1 is 1.38 bits per heavy atom. The van der Waals surface area contributed by atoms with Crippen molar-refractivity contribution >= 4 is 5.78 Å². The Bertz CT molecular complexity index is 339. The molecule has 0 atom stereocenters. The number of rotatable bonds is 2. The second kappa shape index (κ2) is 3.51. The quantitative estimate of drug-likeness (QED) is 0.407. The lowest BCUT2D eigenvalue weighted by Crippen LogP contribution is -2.13. The van der Waals surface area contributed by atoms with Crippen molar-refractivity contribution in [3.05, 3.63) is 29.6 Å². The summed E-state index contributed by atoms with van der Waals surface area (Å²) in [5, 5.41) is 0. The fourth-order valence-electron chi connectivity index (χ4n) is 0.726. The van der Waals surface area contributed by atoms with Gasteiger partial charge in [-0.1, -0.05) is 0 Å². The number of nitrogens with zero attached hydrogens (tertiary/aromatic N) is 1. The molecule has 1 heterocycles. The van der Waals surface area contributed by atoms with E-state index in [0.717, 1.165) is 6.20 Å². The van der Waals surface area contributed by atoms with Crippen LogP contribution in [0.1, 0.15) is 10.4 Å². The predicted molar refractivity (Wildman–Crippen MR) is 34.5 cm³/mol. The molecule has 70 valence electrons. The molecule has 0 aliphatic heterocycles. The molecule has 1 rings (SSSR count). The summed E-state index contributed by atoms with van der Waals surface area (Å²) in [4.78, 5) is 13.4. The van der Waals surface area contributed by atoms with Crippen molar-refractivity contribution in [1.82, 2.24) is 4.98 Å². The first-order chi connectivity index (χ1) is 6.04. The molecule has 6 heteroatoms. The first kappa shape index (κ1) is 9.63. The molecule has 0 aliphatic rings. The summed E-state index contributed by atoms with van der Waals surface area (Å²) in [7, 11) is 0. The Hall–Kier alpha value is -1.46. The third-order valence-electron chi connectivity index (χ3n) is 1.31. The minimum atomic E-state index is -3.35. The monoisotopic (exact) mass is 193 g/mol. The van der Waals surface area contributed by atoms with Crippen LogP contribution >= 0.6 is 0 Å². The molecule has 0 unspecified atom stereocenters. The maximum absolute atomic E-state index is 12.6. The molecular formula is C7H3F4NO. The van der Waals surface area contributed by atoms with E-state index >= 15 is 0 Å². The number of hydrogen-bond acceptors (Lipinski definition) is 2. The van der Waals surface area contributed by atoms with Crippen LogP contribution in [-0.4, -0.2) is 17.2 Å². The molecule has 0 saturated carbocycles. The number of hydrogen-bond donors (Lipinski definition) is 0. The summed E-state index contributed by atoms with van der Waals surface area (Å²) >= 11 is 0. The van der Waals surface area contributed by atoms with Crippen LogP contribution in [0.3, 0.4) is 0 Å². The van der Waals surface area contributed by atoms with Gasteiger partial charge in [0.2, 0.25) is 11.7 Å². The molecular weight excluding hydrogens is 190 g/mol. The SMILES string of the molecule is O=C(c1ccnc(F)c1F)C(F)F. The van der Waals surface area contributed by atoms with Crippen molar-refractivity contribution in [3.63, 3.8) is 0 Å². The van der Waals surface area contributed by atoms with E-state index in [4.69, 9.17) is 0 Å². The molecule has 0 aliphatic carbocycles. The summed E-state index contributed by atoms with van der Waals surface area (Å²) < 4.78 is 48.5. The number of halogens is 4. The van der Waals surface area contributed by atoms with Crippen molar-refractivity contribution in [2.75, 3.05) is 0 Å². The largest absolute Gasteiger partial charge is 0.300 e. The topological polar surface area (TPSA) is 30.0 Å². The average Bonchev–Trinajstić information content (AvgIpc) is 2.08. The first-order valence-corrected chi connectivity index (χ1v) is 3.16. The van der Waals surface area contributed by atoms with Gasteiger partial charge in [0.15, 0.2) is 5.82 Å². The van der Waals surface area contributed by atoms with Crippen molar-refractivity contribution in [1.29, 1.82) is 0 Å². The fourth-order valence-corrected chi connectivity index (χ4v) is 0.726. The number of alkyl halides is 2. The lowest BCUT2D eigenvalue weighted by atomic mass is 10.2. The highest BCUT2D eigenvalue weighted by Gasteiger charge is 2.23. The van der Waals surface area contributed by atoms with Crippen molar-refractivity contribution in [3.8, 4) is 0 Å². The number of Topliss-reactive ketones (excluding diaryl/α,β-unsaturated/α-hetero) is 1. The van der Waals surface area contributed by atoms with E-state index in [1.54, 1.807) is 0 Å². The van der Waals surface area contributed by atoms with Gasteiger partial charge in [-0.15, -0.1) is 0 Å². The van der Waals surface area contributed by atoms with Gasteiger partial charge in [0.1, 0.15) is 0 Å². The summed E-state index contributed by atoms with van der Waals surface area (Å²) in [6.45, 7) is 0. The van der Waals surface area contributed by atoms with Crippen LogP contribution in [0.15, 0.2) is 12.3 Å². The number of carbonyl (C=O) groups excluding carboxylic acids is 1. The van der Waals surface area contributed by atoms with Gasteiger partial charge >= 0.3 is 6.43 Å². The smallest absolute Gasteiger partial charge is 0.288 e. The zero-order chi connectivity index (χ0) is 10.0. The van der Waals surface area contributed by atoms with Gasteiger partial charge in [0, 0.05) is 6.20 Å².